The van der Waals surface area contributed by atoms with Crippen molar-refractivity contribution in [2.45, 2.75) is 19.4 Å². The van der Waals surface area contributed by atoms with Gasteiger partial charge in [0, 0.05) is 12.6 Å². The Balaban J connectivity index is 1.65. The van der Waals surface area contributed by atoms with Gasteiger partial charge < -0.3 is 10.2 Å². The zero-order valence-corrected chi connectivity index (χ0v) is 16.9. The Bertz CT molecular complexity index is 841. The first-order valence-corrected chi connectivity index (χ1v) is 10.2. The maximum Gasteiger partial charge on any atom is 0.263 e. The minimum atomic E-state index is -0.0392. The van der Waals surface area contributed by atoms with Crippen LogP contribution in [0.3, 0.4) is 0 Å². The second-order valence-electron chi connectivity index (χ2n) is 6.43. The molecule has 2 heterocycles. The maximum atomic E-state index is 12.7. The van der Waals surface area contributed by atoms with E-state index in [1.165, 1.54) is 16.9 Å². The van der Waals surface area contributed by atoms with Crippen molar-refractivity contribution in [1.82, 2.24) is 15.2 Å². The molecule has 1 amide bonds. The van der Waals surface area contributed by atoms with E-state index in [0.29, 0.717) is 11.4 Å². The van der Waals surface area contributed by atoms with Gasteiger partial charge in [-0.05, 0) is 44.4 Å². The van der Waals surface area contributed by atoms with Gasteiger partial charge >= 0.3 is 0 Å². The number of nitrogens with zero attached hydrogens (tertiary/aromatic N) is 2. The molecule has 26 heavy (non-hydrogen) atoms. The number of rotatable bonds is 7. The number of benzene rings is 1. The van der Waals surface area contributed by atoms with Crippen LogP contribution < -0.4 is 5.32 Å². The summed E-state index contributed by atoms with van der Waals surface area (Å²) < 4.78 is 0. The van der Waals surface area contributed by atoms with E-state index in [-0.39, 0.29) is 11.9 Å². The highest BCUT2D eigenvalue weighted by Crippen LogP contribution is 2.30. The van der Waals surface area contributed by atoms with Crippen LogP contribution in [-0.4, -0.2) is 42.5 Å². The number of hydrogen-bond donors (Lipinski definition) is 1. The molecule has 0 saturated heterocycles. The number of thiazole rings is 1. The van der Waals surface area contributed by atoms with E-state index in [1.807, 2.05) is 56.7 Å². The van der Waals surface area contributed by atoms with E-state index in [1.54, 1.807) is 11.3 Å². The minimum Gasteiger partial charge on any atom is -0.350 e. The summed E-state index contributed by atoms with van der Waals surface area (Å²) in [4.78, 5) is 21.2. The molecule has 1 aromatic carbocycles. The van der Waals surface area contributed by atoms with Crippen LogP contribution in [0, 0.1) is 6.92 Å². The Morgan fingerprint density at radius 2 is 1.96 bits per heavy atom. The summed E-state index contributed by atoms with van der Waals surface area (Å²) in [6, 6.07) is 14.6. The van der Waals surface area contributed by atoms with Crippen molar-refractivity contribution in [2.75, 3.05) is 20.6 Å². The fourth-order valence-corrected chi connectivity index (χ4v) is 4.51. The lowest BCUT2D eigenvalue weighted by Crippen LogP contribution is -2.41. The van der Waals surface area contributed by atoms with Gasteiger partial charge in [-0.1, -0.05) is 36.4 Å². The third kappa shape index (κ3) is 4.58. The summed E-state index contributed by atoms with van der Waals surface area (Å²) in [7, 11) is 4.10. The number of hydrogen-bond acceptors (Lipinski definition) is 5. The highest BCUT2D eigenvalue weighted by Gasteiger charge is 2.19. The first kappa shape index (κ1) is 18.8. The Morgan fingerprint density at radius 1 is 1.19 bits per heavy atom. The first-order valence-electron chi connectivity index (χ1n) is 8.54. The van der Waals surface area contributed by atoms with Gasteiger partial charge in [-0.3, -0.25) is 4.79 Å². The zero-order chi connectivity index (χ0) is 18.5. The van der Waals surface area contributed by atoms with Crippen LogP contribution in [0.5, 0.6) is 0 Å². The number of likely N-dealkylation sites (N-methyl/N-ethyl adjacent to an activating group) is 1. The van der Waals surface area contributed by atoms with Crippen LogP contribution in [0.15, 0.2) is 47.8 Å². The van der Waals surface area contributed by atoms with Crippen molar-refractivity contribution < 1.29 is 4.79 Å². The average Bonchev–Trinajstić information content (AvgIpc) is 3.28. The molecule has 1 unspecified atom stereocenters. The number of aryl methyl sites for hydroxylation is 1. The van der Waals surface area contributed by atoms with Gasteiger partial charge in [0.1, 0.15) is 9.88 Å². The fourth-order valence-electron chi connectivity index (χ4n) is 2.73. The number of amides is 1. The number of carbonyl (C=O) groups is 1. The second kappa shape index (κ2) is 8.58. The third-order valence-corrected chi connectivity index (χ3v) is 6.47. The van der Waals surface area contributed by atoms with Gasteiger partial charge in [-0.2, -0.15) is 0 Å². The Hall–Kier alpha value is -2.02. The second-order valence-corrected chi connectivity index (χ2v) is 8.37. The van der Waals surface area contributed by atoms with Gasteiger partial charge in [0.25, 0.3) is 5.91 Å². The van der Waals surface area contributed by atoms with Crippen molar-refractivity contribution in [3.8, 4) is 9.88 Å². The van der Waals surface area contributed by atoms with Crippen LogP contribution in [0.1, 0.15) is 20.9 Å². The van der Waals surface area contributed by atoms with E-state index < -0.39 is 0 Å². The summed E-state index contributed by atoms with van der Waals surface area (Å²) in [6.07, 6.45) is 0.899. The molecule has 136 valence electrons. The van der Waals surface area contributed by atoms with Gasteiger partial charge in [0.15, 0.2) is 0 Å². The number of thiophene rings is 1. The summed E-state index contributed by atoms with van der Waals surface area (Å²) in [5.41, 5.74) is 2.06. The summed E-state index contributed by atoms with van der Waals surface area (Å²) in [6.45, 7) is 2.50. The monoisotopic (exact) mass is 385 g/mol. The molecule has 6 heteroatoms. The Kier molecular flexibility index (Phi) is 6.19. The van der Waals surface area contributed by atoms with E-state index in [9.17, 15) is 4.79 Å². The molecule has 4 nitrogen and oxygen atoms in total. The van der Waals surface area contributed by atoms with E-state index in [2.05, 4.69) is 27.3 Å². The van der Waals surface area contributed by atoms with Crippen molar-refractivity contribution in [3.63, 3.8) is 0 Å². The first-order chi connectivity index (χ1) is 12.5. The molecule has 0 saturated carbocycles. The standard InChI is InChI=1S/C20H23N3OS2/c1-14-18(26-20(22-14)17-10-7-11-25-17)19(24)21-13-16(23(2)3)12-15-8-5-4-6-9-15/h4-11,16H,12-13H2,1-3H3,(H,21,24). The lowest BCUT2D eigenvalue weighted by atomic mass is 10.1. The van der Waals surface area contributed by atoms with Crippen molar-refractivity contribution in [1.29, 1.82) is 0 Å². The van der Waals surface area contributed by atoms with Crippen LogP contribution in [0.2, 0.25) is 0 Å². The topological polar surface area (TPSA) is 45.2 Å². The third-order valence-electron chi connectivity index (χ3n) is 4.28. The summed E-state index contributed by atoms with van der Waals surface area (Å²) >= 11 is 3.11. The van der Waals surface area contributed by atoms with E-state index in [0.717, 1.165) is 22.0 Å². The highest BCUT2D eigenvalue weighted by molar-refractivity contribution is 7.22. The molecular formula is C20H23N3OS2. The highest BCUT2D eigenvalue weighted by atomic mass is 32.1. The lowest BCUT2D eigenvalue weighted by Gasteiger charge is -2.24. The molecule has 0 aliphatic rings. The number of aromatic nitrogens is 1. The average molecular weight is 386 g/mol. The van der Waals surface area contributed by atoms with E-state index in [4.69, 9.17) is 0 Å². The fraction of sp³-hybridized carbons (Fsp3) is 0.300. The van der Waals surface area contributed by atoms with Crippen LogP contribution >= 0.6 is 22.7 Å². The summed E-state index contributed by atoms with van der Waals surface area (Å²) in [5, 5.41) is 6.03. The van der Waals surface area contributed by atoms with Crippen LogP contribution in [-0.2, 0) is 6.42 Å². The van der Waals surface area contributed by atoms with Crippen LogP contribution in [0.4, 0.5) is 0 Å². The SMILES string of the molecule is Cc1nc(-c2cccs2)sc1C(=O)NCC(Cc1ccccc1)N(C)C. The molecule has 0 aliphatic heterocycles. The molecule has 0 radical (unpaired) electrons. The molecule has 2 aromatic heterocycles. The molecule has 1 atom stereocenters. The Labute approximate surface area is 162 Å². The zero-order valence-electron chi connectivity index (χ0n) is 15.2. The molecule has 0 aliphatic carbocycles. The smallest absolute Gasteiger partial charge is 0.263 e. The maximum absolute atomic E-state index is 12.7. The predicted octanol–water partition coefficient (Wildman–Crippen LogP) is 4.08. The predicted molar refractivity (Wildman–Crippen MR) is 110 cm³/mol. The number of nitrogens with one attached hydrogen (secondary N) is 1. The molecule has 0 fully saturated rings. The quantitative estimate of drug-likeness (QED) is 0.666. The molecule has 0 spiro atoms. The van der Waals surface area contributed by atoms with E-state index >= 15 is 0 Å². The van der Waals surface area contributed by atoms with Crippen molar-refractivity contribution in [2.24, 2.45) is 0 Å². The molecule has 3 rings (SSSR count). The normalized spacial score (nSPS) is 12.3. The van der Waals surface area contributed by atoms with Gasteiger partial charge in [0.05, 0.1) is 10.6 Å². The molecule has 0 bridgehead atoms. The molecule has 1 N–H and O–H groups in total. The van der Waals surface area contributed by atoms with Crippen molar-refractivity contribution in [3.05, 3.63) is 64.0 Å². The molecular weight excluding hydrogens is 362 g/mol. The van der Waals surface area contributed by atoms with Gasteiger partial charge in [-0.25, -0.2) is 4.98 Å². The van der Waals surface area contributed by atoms with Gasteiger partial charge in [0.2, 0.25) is 0 Å². The minimum absolute atomic E-state index is 0.0392. The number of carbonyl (C=O) groups excluding carboxylic acids is 1. The van der Waals surface area contributed by atoms with Crippen LogP contribution in [0.25, 0.3) is 9.88 Å². The largest absolute Gasteiger partial charge is 0.350 e. The lowest BCUT2D eigenvalue weighted by molar-refractivity contribution is 0.0945. The molecule has 3 aromatic rings. The van der Waals surface area contributed by atoms with Gasteiger partial charge in [-0.15, -0.1) is 22.7 Å². The Morgan fingerprint density at radius 3 is 2.62 bits per heavy atom. The van der Waals surface area contributed by atoms with Crippen molar-refractivity contribution >= 4 is 28.6 Å². The summed E-state index contributed by atoms with van der Waals surface area (Å²) in [5.74, 6) is -0.0392.